The van der Waals surface area contributed by atoms with E-state index in [4.69, 9.17) is 17.3 Å². The molecule has 1 aromatic rings. The van der Waals surface area contributed by atoms with Gasteiger partial charge in [0.1, 0.15) is 5.25 Å². The van der Waals surface area contributed by atoms with E-state index in [1.165, 1.54) is 13.0 Å². The van der Waals surface area contributed by atoms with Crippen molar-refractivity contribution in [2.45, 2.75) is 38.4 Å². The fourth-order valence-corrected chi connectivity index (χ4v) is 3.30. The second-order valence-electron chi connectivity index (χ2n) is 4.94. The molecule has 0 fully saturated rings. The Kier molecular flexibility index (Phi) is 6.48. The molecule has 0 aliphatic rings. The molecule has 1 atom stereocenters. The van der Waals surface area contributed by atoms with E-state index in [1.54, 1.807) is 12.1 Å². The molecule has 1 amide bonds. The highest BCUT2D eigenvalue weighted by atomic mass is 35.5. The van der Waals surface area contributed by atoms with Crippen molar-refractivity contribution in [3.8, 4) is 0 Å². The summed E-state index contributed by atoms with van der Waals surface area (Å²) in [5.41, 5.74) is 6.39. The van der Waals surface area contributed by atoms with Crippen LogP contribution in [0.3, 0.4) is 0 Å². The van der Waals surface area contributed by atoms with Crippen LogP contribution in [0.2, 0.25) is 5.02 Å². The summed E-state index contributed by atoms with van der Waals surface area (Å²) in [6.45, 7) is 3.38. The lowest BCUT2D eigenvalue weighted by molar-refractivity contribution is -0.115. The number of nitrogens with two attached hydrogens (primary N) is 1. The fourth-order valence-electron chi connectivity index (χ4n) is 1.77. The van der Waals surface area contributed by atoms with E-state index in [9.17, 15) is 13.2 Å². The van der Waals surface area contributed by atoms with Crippen molar-refractivity contribution in [1.82, 2.24) is 0 Å². The summed E-state index contributed by atoms with van der Waals surface area (Å²) in [6, 6.07) is 4.62. The average Bonchev–Trinajstić information content (AvgIpc) is 2.41. The summed E-state index contributed by atoms with van der Waals surface area (Å²) in [5, 5.41) is 1.87. The number of unbranched alkanes of at least 4 members (excludes halogenated alkanes) is 2. The van der Waals surface area contributed by atoms with Crippen LogP contribution >= 0.6 is 11.6 Å². The monoisotopic (exact) mass is 332 g/mol. The lowest BCUT2D eigenvalue weighted by atomic mass is 10.2. The van der Waals surface area contributed by atoms with Crippen LogP contribution in [0, 0.1) is 0 Å². The molecule has 0 aliphatic carbocycles. The van der Waals surface area contributed by atoms with Gasteiger partial charge < -0.3 is 11.1 Å². The van der Waals surface area contributed by atoms with Gasteiger partial charge in [-0.15, -0.1) is 0 Å². The van der Waals surface area contributed by atoms with Crippen LogP contribution in [0.1, 0.15) is 33.1 Å². The molecular formula is C14H21ClN2O3S. The molecule has 0 heterocycles. The van der Waals surface area contributed by atoms with Gasteiger partial charge in [0.05, 0.1) is 17.1 Å². The zero-order chi connectivity index (χ0) is 16.0. The normalized spacial score (nSPS) is 12.9. The van der Waals surface area contributed by atoms with Crippen molar-refractivity contribution in [1.29, 1.82) is 0 Å². The van der Waals surface area contributed by atoms with Gasteiger partial charge in [-0.25, -0.2) is 8.42 Å². The lowest BCUT2D eigenvalue weighted by Gasteiger charge is -2.14. The van der Waals surface area contributed by atoms with Crippen molar-refractivity contribution in [3.05, 3.63) is 23.2 Å². The highest BCUT2D eigenvalue weighted by molar-refractivity contribution is 7.92. The number of benzene rings is 1. The highest BCUT2D eigenvalue weighted by Crippen LogP contribution is 2.23. The lowest BCUT2D eigenvalue weighted by Crippen LogP contribution is -2.34. The first-order chi connectivity index (χ1) is 9.77. The highest BCUT2D eigenvalue weighted by Gasteiger charge is 2.27. The van der Waals surface area contributed by atoms with Crippen molar-refractivity contribution in [3.63, 3.8) is 0 Å². The molecule has 0 aromatic heterocycles. The zero-order valence-corrected chi connectivity index (χ0v) is 13.8. The molecule has 1 aromatic carbocycles. The number of sulfone groups is 1. The van der Waals surface area contributed by atoms with Gasteiger partial charge in [0.25, 0.3) is 0 Å². The van der Waals surface area contributed by atoms with Crippen LogP contribution in [0.15, 0.2) is 18.2 Å². The number of carbonyl (C=O) groups is 1. The Morgan fingerprint density at radius 1 is 1.38 bits per heavy atom. The largest absolute Gasteiger partial charge is 0.397 e. The third kappa shape index (κ3) is 5.21. The van der Waals surface area contributed by atoms with Crippen molar-refractivity contribution in [2.24, 2.45) is 0 Å². The first-order valence-corrected chi connectivity index (χ1v) is 8.94. The van der Waals surface area contributed by atoms with Crippen LogP contribution in [-0.2, 0) is 14.6 Å². The standard InChI is InChI=1S/C14H21ClN2O3S/c1-3-4-5-8-21(19,20)10(2)14(18)17-13-7-6-11(15)9-12(13)16/h6-7,9-10H,3-5,8,16H2,1-2H3,(H,17,18). The Hall–Kier alpha value is -1.27. The number of carbonyl (C=O) groups excluding carboxylic acids is 1. The average molecular weight is 333 g/mol. The molecular weight excluding hydrogens is 312 g/mol. The van der Waals surface area contributed by atoms with E-state index in [0.717, 1.165) is 12.8 Å². The van der Waals surface area contributed by atoms with Crippen LogP contribution in [0.4, 0.5) is 11.4 Å². The number of nitrogen functional groups attached to an aromatic ring is 1. The topological polar surface area (TPSA) is 89.3 Å². The minimum Gasteiger partial charge on any atom is -0.397 e. The summed E-state index contributed by atoms with van der Waals surface area (Å²) < 4.78 is 24.1. The first kappa shape index (κ1) is 17.8. The molecule has 21 heavy (non-hydrogen) atoms. The molecule has 3 N–H and O–H groups in total. The number of anilines is 2. The summed E-state index contributed by atoms with van der Waals surface area (Å²) in [7, 11) is -3.45. The molecule has 0 saturated heterocycles. The number of hydrogen-bond donors (Lipinski definition) is 2. The Labute approximate surface area is 130 Å². The van der Waals surface area contributed by atoms with Crippen molar-refractivity contribution in [2.75, 3.05) is 16.8 Å². The minimum atomic E-state index is -3.45. The fraction of sp³-hybridized carbons (Fsp3) is 0.500. The van der Waals surface area contributed by atoms with Crippen LogP contribution < -0.4 is 11.1 Å². The van der Waals surface area contributed by atoms with Gasteiger partial charge in [-0.2, -0.15) is 0 Å². The van der Waals surface area contributed by atoms with E-state index in [2.05, 4.69) is 5.32 Å². The Balaban J connectivity index is 2.74. The maximum absolute atomic E-state index is 12.1. The first-order valence-electron chi connectivity index (χ1n) is 6.85. The third-order valence-electron chi connectivity index (χ3n) is 3.21. The number of hydrogen-bond acceptors (Lipinski definition) is 4. The van der Waals surface area contributed by atoms with Crippen molar-refractivity contribution < 1.29 is 13.2 Å². The van der Waals surface area contributed by atoms with E-state index >= 15 is 0 Å². The van der Waals surface area contributed by atoms with Crippen LogP contribution in [0.5, 0.6) is 0 Å². The summed E-state index contributed by atoms with van der Waals surface area (Å²) in [4.78, 5) is 12.1. The molecule has 0 radical (unpaired) electrons. The van der Waals surface area contributed by atoms with Gasteiger partial charge in [-0.1, -0.05) is 31.4 Å². The molecule has 7 heteroatoms. The zero-order valence-electron chi connectivity index (χ0n) is 12.2. The molecule has 1 rings (SSSR count). The number of halogens is 1. The SMILES string of the molecule is CCCCCS(=O)(=O)C(C)C(=O)Nc1ccc(Cl)cc1N. The predicted molar refractivity (Wildman–Crippen MR) is 87.3 cm³/mol. The minimum absolute atomic E-state index is 0.0194. The van der Waals surface area contributed by atoms with Crippen molar-refractivity contribution >= 4 is 38.7 Å². The van der Waals surface area contributed by atoms with Crippen LogP contribution in [0.25, 0.3) is 0 Å². The molecule has 0 saturated carbocycles. The van der Waals surface area contributed by atoms with E-state index < -0.39 is 21.0 Å². The van der Waals surface area contributed by atoms with Gasteiger partial charge in [-0.3, -0.25) is 4.79 Å². The summed E-state index contributed by atoms with van der Waals surface area (Å²) in [6.07, 6.45) is 2.33. The van der Waals surface area contributed by atoms with Gasteiger partial charge in [0.15, 0.2) is 9.84 Å². The number of nitrogens with one attached hydrogen (secondary N) is 1. The second kappa shape index (κ2) is 7.66. The second-order valence-corrected chi connectivity index (χ2v) is 7.81. The van der Waals surface area contributed by atoms with Crippen LogP contribution in [-0.4, -0.2) is 25.3 Å². The molecule has 0 bridgehead atoms. The Morgan fingerprint density at radius 3 is 2.62 bits per heavy atom. The quantitative estimate of drug-likeness (QED) is 0.593. The third-order valence-corrected chi connectivity index (χ3v) is 5.60. The van der Waals surface area contributed by atoms with Gasteiger partial charge in [0.2, 0.25) is 5.91 Å². The smallest absolute Gasteiger partial charge is 0.242 e. The van der Waals surface area contributed by atoms with Gasteiger partial charge in [0, 0.05) is 5.02 Å². The number of rotatable bonds is 7. The maximum Gasteiger partial charge on any atom is 0.242 e. The molecule has 0 spiro atoms. The molecule has 0 aliphatic heterocycles. The molecule has 118 valence electrons. The summed E-state index contributed by atoms with van der Waals surface area (Å²) >= 11 is 5.77. The Morgan fingerprint density at radius 2 is 2.05 bits per heavy atom. The van der Waals surface area contributed by atoms with E-state index in [0.29, 0.717) is 22.8 Å². The van der Waals surface area contributed by atoms with Gasteiger partial charge >= 0.3 is 0 Å². The molecule has 1 unspecified atom stereocenters. The Bertz CT molecular complexity index is 602. The maximum atomic E-state index is 12.1. The van der Waals surface area contributed by atoms with Gasteiger partial charge in [-0.05, 0) is 31.5 Å². The predicted octanol–water partition coefficient (Wildman–Crippen LogP) is 2.85. The summed E-state index contributed by atoms with van der Waals surface area (Å²) in [5.74, 6) is -0.563. The van der Waals surface area contributed by atoms with E-state index in [1.807, 2.05) is 6.92 Å². The molecule has 5 nitrogen and oxygen atoms in total. The van der Waals surface area contributed by atoms with E-state index in [-0.39, 0.29) is 5.75 Å². The number of amides is 1.